The van der Waals surface area contributed by atoms with Crippen molar-refractivity contribution in [3.63, 3.8) is 0 Å². The van der Waals surface area contributed by atoms with Crippen LogP contribution in [0, 0.1) is 0 Å². The van der Waals surface area contributed by atoms with Crippen LogP contribution in [-0.4, -0.2) is 41.9 Å². The first-order valence-corrected chi connectivity index (χ1v) is 6.36. The molecule has 0 atom stereocenters. The fourth-order valence-electron chi connectivity index (χ4n) is 2.09. The first-order chi connectivity index (χ1) is 9.15. The number of amides is 1. The van der Waals surface area contributed by atoms with Gasteiger partial charge in [-0.15, -0.1) is 0 Å². The number of piperidine rings is 1. The molecule has 2 rings (SSSR count). The first kappa shape index (κ1) is 13.7. The van der Waals surface area contributed by atoms with Crippen molar-refractivity contribution in [3.8, 4) is 5.75 Å². The van der Waals surface area contributed by atoms with Crippen molar-refractivity contribution < 1.29 is 14.7 Å². The molecule has 6 heteroatoms. The van der Waals surface area contributed by atoms with Crippen LogP contribution in [0.25, 0.3) is 0 Å². The highest BCUT2D eigenvalue weighted by molar-refractivity contribution is 6.31. The van der Waals surface area contributed by atoms with Crippen LogP contribution in [0.5, 0.6) is 5.75 Å². The van der Waals surface area contributed by atoms with Gasteiger partial charge in [0.25, 0.3) is 5.91 Å². The highest BCUT2D eigenvalue weighted by Crippen LogP contribution is 2.25. The molecular weight excluding hydrogens is 268 g/mol. The molecule has 1 aromatic carbocycles. The quantitative estimate of drug-likeness (QED) is 0.669. The molecule has 1 saturated heterocycles. The Hall–Kier alpha value is -1.75. The van der Waals surface area contributed by atoms with Crippen LogP contribution >= 0.6 is 11.6 Å². The number of methoxy groups -OCH3 is 1. The number of carbonyl (C=O) groups excluding carboxylic acids is 1. The lowest BCUT2D eigenvalue weighted by molar-refractivity contribution is 0.0750. The van der Waals surface area contributed by atoms with Crippen LogP contribution in [0.15, 0.2) is 23.4 Å². The summed E-state index contributed by atoms with van der Waals surface area (Å²) in [7, 11) is 1.52. The molecule has 0 bridgehead atoms. The smallest absolute Gasteiger partial charge is 0.257 e. The summed E-state index contributed by atoms with van der Waals surface area (Å²) >= 11 is 5.92. The predicted octanol–water partition coefficient (Wildman–Crippen LogP) is 2.41. The number of likely N-dealkylation sites (tertiary alicyclic amines) is 1. The number of hydrogen-bond acceptors (Lipinski definition) is 4. The minimum atomic E-state index is -0.115. The maximum absolute atomic E-state index is 12.4. The molecule has 1 aliphatic heterocycles. The Morgan fingerprint density at radius 1 is 1.42 bits per heavy atom. The van der Waals surface area contributed by atoms with Crippen LogP contribution in [0.1, 0.15) is 23.2 Å². The average Bonchev–Trinajstić information content (AvgIpc) is 2.46. The third-order valence-corrected chi connectivity index (χ3v) is 3.40. The molecule has 1 heterocycles. The normalized spacial score (nSPS) is 15.3. The lowest BCUT2D eigenvalue weighted by Crippen LogP contribution is -2.38. The first-order valence-electron chi connectivity index (χ1n) is 5.98. The van der Waals surface area contributed by atoms with E-state index in [1.165, 1.54) is 7.11 Å². The van der Waals surface area contributed by atoms with Gasteiger partial charge < -0.3 is 14.8 Å². The topological polar surface area (TPSA) is 62.1 Å². The molecule has 0 spiro atoms. The van der Waals surface area contributed by atoms with Crippen molar-refractivity contribution in [3.05, 3.63) is 28.8 Å². The van der Waals surface area contributed by atoms with E-state index < -0.39 is 0 Å². The summed E-state index contributed by atoms with van der Waals surface area (Å²) < 4.78 is 5.18. The standard InChI is InChI=1S/C13H15ClN2O3/c1-19-12-3-2-9(14)8-11(12)13(17)16-6-4-10(15-18)5-7-16/h2-3,8,18H,4-7H2,1H3. The van der Waals surface area contributed by atoms with Gasteiger partial charge in [-0.1, -0.05) is 16.8 Å². The number of ether oxygens (including phenoxy) is 1. The zero-order valence-electron chi connectivity index (χ0n) is 10.6. The lowest BCUT2D eigenvalue weighted by atomic mass is 10.1. The number of hydrogen-bond donors (Lipinski definition) is 1. The van der Waals surface area contributed by atoms with Gasteiger partial charge in [0, 0.05) is 31.0 Å². The van der Waals surface area contributed by atoms with Crippen molar-refractivity contribution in [2.24, 2.45) is 5.16 Å². The Labute approximate surface area is 116 Å². The van der Waals surface area contributed by atoms with E-state index in [2.05, 4.69) is 5.16 Å². The second kappa shape index (κ2) is 5.93. The summed E-state index contributed by atoms with van der Waals surface area (Å²) in [5, 5.41) is 12.4. The third kappa shape index (κ3) is 2.98. The predicted molar refractivity (Wildman–Crippen MR) is 72.4 cm³/mol. The number of oxime groups is 1. The van der Waals surface area contributed by atoms with Crippen molar-refractivity contribution >= 4 is 23.2 Å². The summed E-state index contributed by atoms with van der Waals surface area (Å²) in [5.41, 5.74) is 1.18. The number of nitrogens with zero attached hydrogens (tertiary/aromatic N) is 2. The van der Waals surface area contributed by atoms with E-state index in [9.17, 15) is 4.79 Å². The second-order valence-corrected chi connectivity index (χ2v) is 4.74. The fraction of sp³-hybridized carbons (Fsp3) is 0.385. The van der Waals surface area contributed by atoms with Gasteiger partial charge >= 0.3 is 0 Å². The van der Waals surface area contributed by atoms with Gasteiger partial charge in [0.2, 0.25) is 0 Å². The van der Waals surface area contributed by atoms with E-state index in [0.29, 0.717) is 42.3 Å². The minimum absolute atomic E-state index is 0.115. The summed E-state index contributed by atoms with van der Waals surface area (Å²) in [5.74, 6) is 0.396. The van der Waals surface area contributed by atoms with Crippen LogP contribution in [0.2, 0.25) is 5.02 Å². The van der Waals surface area contributed by atoms with Crippen LogP contribution in [-0.2, 0) is 0 Å². The van der Waals surface area contributed by atoms with Crippen molar-refractivity contribution in [1.82, 2.24) is 4.90 Å². The number of rotatable bonds is 2. The van der Waals surface area contributed by atoms with Crippen molar-refractivity contribution in [2.75, 3.05) is 20.2 Å². The maximum atomic E-state index is 12.4. The molecule has 1 aliphatic rings. The van der Waals surface area contributed by atoms with Gasteiger partial charge in [0.15, 0.2) is 0 Å². The summed E-state index contributed by atoms with van der Waals surface area (Å²) in [6.07, 6.45) is 1.18. The molecule has 0 radical (unpaired) electrons. The van der Waals surface area contributed by atoms with E-state index in [-0.39, 0.29) is 5.91 Å². The number of carbonyl (C=O) groups is 1. The SMILES string of the molecule is COc1ccc(Cl)cc1C(=O)N1CCC(=NO)CC1. The monoisotopic (exact) mass is 282 g/mol. The highest BCUT2D eigenvalue weighted by atomic mass is 35.5. The van der Waals surface area contributed by atoms with E-state index >= 15 is 0 Å². The Balaban J connectivity index is 2.18. The van der Waals surface area contributed by atoms with Gasteiger partial charge in [-0.05, 0) is 18.2 Å². The van der Waals surface area contributed by atoms with Gasteiger partial charge in [-0.3, -0.25) is 4.79 Å². The number of halogens is 1. The number of benzene rings is 1. The Morgan fingerprint density at radius 2 is 2.11 bits per heavy atom. The molecule has 1 N–H and O–H groups in total. The maximum Gasteiger partial charge on any atom is 0.257 e. The van der Waals surface area contributed by atoms with Crippen LogP contribution in [0.3, 0.4) is 0 Å². The molecule has 0 aliphatic carbocycles. The molecule has 0 aromatic heterocycles. The Bertz CT molecular complexity index is 507. The van der Waals surface area contributed by atoms with E-state index in [1.807, 2.05) is 0 Å². The molecule has 0 saturated carbocycles. The van der Waals surface area contributed by atoms with Crippen LogP contribution in [0.4, 0.5) is 0 Å². The Kier molecular flexibility index (Phi) is 4.27. The second-order valence-electron chi connectivity index (χ2n) is 4.30. The molecule has 1 aromatic rings. The van der Waals surface area contributed by atoms with Gasteiger partial charge in [0.05, 0.1) is 18.4 Å². The van der Waals surface area contributed by atoms with Crippen LogP contribution < -0.4 is 4.74 Å². The average molecular weight is 283 g/mol. The summed E-state index contributed by atoms with van der Waals surface area (Å²) in [6, 6.07) is 4.97. The fourth-order valence-corrected chi connectivity index (χ4v) is 2.26. The van der Waals surface area contributed by atoms with Gasteiger partial charge in [-0.2, -0.15) is 0 Å². The zero-order chi connectivity index (χ0) is 13.8. The third-order valence-electron chi connectivity index (χ3n) is 3.16. The molecule has 19 heavy (non-hydrogen) atoms. The van der Waals surface area contributed by atoms with Crippen molar-refractivity contribution in [2.45, 2.75) is 12.8 Å². The van der Waals surface area contributed by atoms with Gasteiger partial charge in [0.1, 0.15) is 5.75 Å². The molecule has 1 fully saturated rings. The summed E-state index contributed by atoms with van der Waals surface area (Å²) in [6.45, 7) is 1.07. The molecule has 5 nitrogen and oxygen atoms in total. The highest BCUT2D eigenvalue weighted by Gasteiger charge is 2.23. The molecular formula is C13H15ClN2O3. The van der Waals surface area contributed by atoms with Gasteiger partial charge in [-0.25, -0.2) is 0 Å². The Morgan fingerprint density at radius 3 is 2.68 bits per heavy atom. The molecule has 0 unspecified atom stereocenters. The lowest BCUT2D eigenvalue weighted by Gasteiger charge is -2.27. The minimum Gasteiger partial charge on any atom is -0.496 e. The summed E-state index contributed by atoms with van der Waals surface area (Å²) in [4.78, 5) is 14.1. The largest absolute Gasteiger partial charge is 0.496 e. The molecule has 1 amide bonds. The van der Waals surface area contributed by atoms with Crippen molar-refractivity contribution in [1.29, 1.82) is 0 Å². The van der Waals surface area contributed by atoms with E-state index in [1.54, 1.807) is 23.1 Å². The zero-order valence-corrected chi connectivity index (χ0v) is 11.4. The molecule has 102 valence electrons. The van der Waals surface area contributed by atoms with E-state index in [0.717, 1.165) is 5.71 Å². The van der Waals surface area contributed by atoms with E-state index in [4.69, 9.17) is 21.5 Å².